The Morgan fingerprint density at radius 1 is 1.36 bits per heavy atom. The van der Waals surface area contributed by atoms with Crippen LogP contribution in [0.15, 0.2) is 0 Å². The Labute approximate surface area is 72.2 Å². The lowest BCUT2D eigenvalue weighted by molar-refractivity contribution is 0.241. The summed E-state index contributed by atoms with van der Waals surface area (Å²) in [6, 6.07) is 1.53. The minimum atomic E-state index is 0.325. The predicted molar refractivity (Wildman–Crippen MR) is 53.1 cm³/mol. The van der Waals surface area contributed by atoms with Gasteiger partial charge in [0.25, 0.3) is 0 Å². The molecule has 1 fully saturated rings. The Bertz CT molecular complexity index is 92.1. The first-order chi connectivity index (χ1) is 5.43. The number of nitrogens with one attached hydrogen (secondary N) is 1. The van der Waals surface area contributed by atoms with Gasteiger partial charge in [0.1, 0.15) is 0 Å². The molecule has 0 aromatic rings. The van der Waals surface area contributed by atoms with Gasteiger partial charge in [-0.25, -0.2) is 0 Å². The molecule has 1 N–H and O–H groups in total. The van der Waals surface area contributed by atoms with E-state index in [1.54, 1.807) is 0 Å². The predicted octanol–water partition coefficient (Wildman–Crippen LogP) is -0.0831. The molecule has 1 aliphatic rings. The zero-order valence-electron chi connectivity index (χ0n) is 7.60. The van der Waals surface area contributed by atoms with Gasteiger partial charge in [0.2, 0.25) is 0 Å². The van der Waals surface area contributed by atoms with Crippen molar-refractivity contribution in [2.75, 3.05) is 32.7 Å². The van der Waals surface area contributed by atoms with Crippen LogP contribution in [0.5, 0.6) is 0 Å². The van der Waals surface area contributed by atoms with Crippen molar-refractivity contribution in [1.82, 2.24) is 10.2 Å². The summed E-state index contributed by atoms with van der Waals surface area (Å²) in [6.07, 6.45) is 1.45. The van der Waals surface area contributed by atoms with Gasteiger partial charge in [-0.2, -0.15) is 0 Å². The highest BCUT2D eigenvalue weighted by molar-refractivity contribution is 6.33. The first-order valence-corrected chi connectivity index (χ1v) is 7.28. The lowest BCUT2D eigenvalue weighted by atomic mass is 10.3. The summed E-state index contributed by atoms with van der Waals surface area (Å²) < 4.78 is 0. The lowest BCUT2D eigenvalue weighted by Crippen LogP contribution is -2.43. The second-order valence-electron chi connectivity index (χ2n) is 3.30. The van der Waals surface area contributed by atoms with Gasteiger partial charge in [-0.05, 0) is 13.0 Å². The highest BCUT2D eigenvalue weighted by atomic mass is 28.2. The summed E-state index contributed by atoms with van der Waals surface area (Å²) in [5.74, 6) is 0. The zero-order valence-corrected chi connectivity index (χ0v) is 9.02. The van der Waals surface area contributed by atoms with Crippen molar-refractivity contribution >= 4 is 9.52 Å². The monoisotopic (exact) mass is 172 g/mol. The van der Waals surface area contributed by atoms with Gasteiger partial charge >= 0.3 is 0 Å². The van der Waals surface area contributed by atoms with E-state index in [1.165, 1.54) is 45.2 Å². The van der Waals surface area contributed by atoms with E-state index in [1.807, 2.05) is 0 Å². The fourth-order valence-electron chi connectivity index (χ4n) is 1.52. The van der Waals surface area contributed by atoms with Crippen LogP contribution in [-0.2, 0) is 0 Å². The molecule has 0 amide bonds. The van der Waals surface area contributed by atoms with E-state index in [0.717, 1.165) is 0 Å². The van der Waals surface area contributed by atoms with Gasteiger partial charge in [0.15, 0.2) is 0 Å². The van der Waals surface area contributed by atoms with Crippen LogP contribution in [0.2, 0.25) is 12.6 Å². The van der Waals surface area contributed by atoms with E-state index in [0.29, 0.717) is 9.52 Å². The van der Waals surface area contributed by atoms with E-state index in [4.69, 9.17) is 0 Å². The fourth-order valence-corrected chi connectivity index (χ4v) is 2.24. The molecular formula is C8H20N2Si. The molecule has 2 nitrogen and oxygen atoms in total. The summed E-state index contributed by atoms with van der Waals surface area (Å²) in [7, 11) is 0.325. The number of hydrogen-bond acceptors (Lipinski definition) is 2. The van der Waals surface area contributed by atoms with Crippen molar-refractivity contribution in [2.45, 2.75) is 19.0 Å². The largest absolute Gasteiger partial charge is 0.314 e. The molecule has 0 spiro atoms. The molecule has 0 aliphatic carbocycles. The van der Waals surface area contributed by atoms with Crippen molar-refractivity contribution in [3.05, 3.63) is 0 Å². The summed E-state index contributed by atoms with van der Waals surface area (Å²) in [4.78, 5) is 2.58. The standard InChI is InChI=1S/C8H20N2Si/c1-11-8-2-5-10-6-3-9-4-7-10/h9H,2-8,11H2,1H3. The highest BCUT2D eigenvalue weighted by Gasteiger charge is 2.07. The maximum Gasteiger partial charge on any atom is 0.0167 e. The first kappa shape index (κ1) is 9.23. The molecule has 1 heterocycles. The van der Waals surface area contributed by atoms with Gasteiger partial charge in [0.05, 0.1) is 0 Å². The molecule has 11 heavy (non-hydrogen) atoms. The van der Waals surface area contributed by atoms with Crippen LogP contribution < -0.4 is 5.32 Å². The van der Waals surface area contributed by atoms with Crippen LogP contribution in [0.4, 0.5) is 0 Å². The van der Waals surface area contributed by atoms with Crippen LogP contribution in [0.1, 0.15) is 6.42 Å². The fraction of sp³-hybridized carbons (Fsp3) is 1.00. The topological polar surface area (TPSA) is 15.3 Å². The Hall–Kier alpha value is 0.137. The number of rotatable bonds is 4. The quantitative estimate of drug-likeness (QED) is 0.471. The average molecular weight is 172 g/mol. The Morgan fingerprint density at radius 3 is 2.73 bits per heavy atom. The van der Waals surface area contributed by atoms with Crippen molar-refractivity contribution in [2.24, 2.45) is 0 Å². The molecular weight excluding hydrogens is 152 g/mol. The molecule has 1 aliphatic heterocycles. The Balaban J connectivity index is 1.96. The van der Waals surface area contributed by atoms with Crippen molar-refractivity contribution in [1.29, 1.82) is 0 Å². The van der Waals surface area contributed by atoms with E-state index in [9.17, 15) is 0 Å². The minimum absolute atomic E-state index is 0.325. The molecule has 0 aromatic carbocycles. The number of nitrogens with zero attached hydrogens (tertiary/aromatic N) is 1. The van der Waals surface area contributed by atoms with Crippen LogP contribution in [-0.4, -0.2) is 47.1 Å². The van der Waals surface area contributed by atoms with E-state index >= 15 is 0 Å². The number of piperazine rings is 1. The molecule has 0 radical (unpaired) electrons. The molecule has 0 bridgehead atoms. The summed E-state index contributed by atoms with van der Waals surface area (Å²) >= 11 is 0. The lowest BCUT2D eigenvalue weighted by Gasteiger charge is -2.26. The molecule has 66 valence electrons. The van der Waals surface area contributed by atoms with Gasteiger partial charge in [-0.3, -0.25) is 0 Å². The second-order valence-corrected chi connectivity index (χ2v) is 5.01. The normalized spacial score (nSPS) is 21.5. The van der Waals surface area contributed by atoms with Crippen molar-refractivity contribution < 1.29 is 0 Å². The van der Waals surface area contributed by atoms with Crippen LogP contribution in [0.25, 0.3) is 0 Å². The molecule has 3 heteroatoms. The minimum Gasteiger partial charge on any atom is -0.314 e. The third-order valence-electron chi connectivity index (χ3n) is 2.29. The average Bonchev–Trinajstić information content (AvgIpc) is 2.07. The van der Waals surface area contributed by atoms with E-state index in [2.05, 4.69) is 16.8 Å². The van der Waals surface area contributed by atoms with Crippen LogP contribution in [0.3, 0.4) is 0 Å². The Kier molecular flexibility index (Phi) is 4.82. The van der Waals surface area contributed by atoms with E-state index in [-0.39, 0.29) is 0 Å². The maximum absolute atomic E-state index is 3.37. The second kappa shape index (κ2) is 5.74. The molecule has 0 atom stereocenters. The van der Waals surface area contributed by atoms with Gasteiger partial charge in [-0.1, -0.05) is 12.6 Å². The van der Waals surface area contributed by atoms with Gasteiger partial charge in [-0.15, -0.1) is 0 Å². The Morgan fingerprint density at radius 2 is 2.09 bits per heavy atom. The summed E-state index contributed by atoms with van der Waals surface area (Å²) in [5.41, 5.74) is 0. The zero-order chi connectivity index (χ0) is 7.94. The van der Waals surface area contributed by atoms with Gasteiger partial charge < -0.3 is 10.2 Å². The number of hydrogen-bond donors (Lipinski definition) is 1. The van der Waals surface area contributed by atoms with Crippen molar-refractivity contribution in [3.63, 3.8) is 0 Å². The maximum atomic E-state index is 3.37. The summed E-state index contributed by atoms with van der Waals surface area (Å²) in [6.45, 7) is 8.68. The molecule has 0 unspecified atom stereocenters. The molecule has 0 aromatic heterocycles. The first-order valence-electron chi connectivity index (χ1n) is 4.86. The SMILES string of the molecule is C[SiH2]CCCN1CCNCC1. The van der Waals surface area contributed by atoms with Gasteiger partial charge in [0, 0.05) is 35.7 Å². The molecule has 1 rings (SSSR count). The third-order valence-corrected chi connectivity index (χ3v) is 3.49. The molecule has 0 saturated carbocycles. The van der Waals surface area contributed by atoms with Crippen LogP contribution >= 0.6 is 0 Å². The summed E-state index contributed by atoms with van der Waals surface area (Å²) in [5, 5.41) is 3.37. The highest BCUT2D eigenvalue weighted by Crippen LogP contribution is 1.96. The van der Waals surface area contributed by atoms with E-state index < -0.39 is 0 Å². The van der Waals surface area contributed by atoms with Crippen LogP contribution in [0, 0.1) is 0 Å². The van der Waals surface area contributed by atoms with Crippen molar-refractivity contribution in [3.8, 4) is 0 Å². The third kappa shape index (κ3) is 3.89. The smallest absolute Gasteiger partial charge is 0.0167 e. The molecule has 1 saturated heterocycles.